The Bertz CT molecular complexity index is 3130. The number of amides is 14. The standard InChI is InChI=1S/C62H115N27O17S/c1-28(2)26-42(56(103)81-36(10)49(96)85-38(17-13-22-73-60(66)67)54(101)86-39(18-14-23-74-61(68)69)55(102)87-41(58(105)106)19-15-24-75-62(70)71)88-50(97)33(7)77-45(92)30(4)76-47(94)32(6)82-57(104)43(27-90)89-51(98)34(8)78-46(93)31(5)79-52(99)37(16-12-21-72-59(64)65)84-48(95)35(9)80-53(100)40(20-25-107-11)83-44(91)29(3)63/h28-43,90H,12-27,63H2,1-11H3,(H,76,94)(H,77,92)(H,78,93)(H,79,99)(H,80,100)(H,81,103)(H,82,104)(H,83,91)(H,84,95)(H,85,96)(H,86,101)(H,87,102)(H,88,97)(H,89,98)(H,105,106)(H4,64,65,72)(H4,66,67,73)(H4,68,69,74)(H4,70,71,75). The Labute approximate surface area is 624 Å². The number of carboxylic acids is 1. The molecule has 0 saturated carbocycles. The molecular weight excluding hydrogens is 1430 g/mol. The maximum atomic E-state index is 14.0. The first kappa shape index (κ1) is 96.4. The molecule has 0 spiro atoms. The van der Waals surface area contributed by atoms with Crippen molar-refractivity contribution in [2.45, 2.75) is 224 Å². The van der Waals surface area contributed by atoms with Crippen LogP contribution in [0.3, 0.4) is 0 Å². The number of guanidine groups is 4. The summed E-state index contributed by atoms with van der Waals surface area (Å²) in [6.07, 6.45) is 2.13. The van der Waals surface area contributed by atoms with Crippen molar-refractivity contribution < 1.29 is 82.1 Å². The van der Waals surface area contributed by atoms with E-state index in [1.165, 1.54) is 67.2 Å². The first-order valence-corrected chi connectivity index (χ1v) is 35.9. The van der Waals surface area contributed by atoms with Gasteiger partial charge in [-0.1, -0.05) is 13.8 Å². The van der Waals surface area contributed by atoms with Gasteiger partial charge < -0.3 is 136 Å². The quantitative estimate of drug-likeness (QED) is 0.0153. The van der Waals surface area contributed by atoms with Gasteiger partial charge in [-0.25, -0.2) is 4.79 Å². The predicted molar refractivity (Wildman–Crippen MR) is 397 cm³/mol. The third kappa shape index (κ3) is 40.5. The first-order valence-electron chi connectivity index (χ1n) is 34.5. The van der Waals surface area contributed by atoms with Crippen LogP contribution < -0.4 is 126 Å². The summed E-state index contributed by atoms with van der Waals surface area (Å²) in [4.78, 5) is 216. The molecule has 0 bridgehead atoms. The van der Waals surface area contributed by atoms with Gasteiger partial charge in [0, 0.05) is 26.2 Å². The van der Waals surface area contributed by atoms with Gasteiger partial charge in [-0.05, 0) is 138 Å². The molecule has 15 unspecified atom stereocenters. The fourth-order valence-corrected chi connectivity index (χ4v) is 9.72. The zero-order chi connectivity index (χ0) is 82.0. The minimum absolute atomic E-state index is 0.00311. The molecule has 45 heteroatoms. The zero-order valence-electron chi connectivity index (χ0n) is 62.5. The number of nitrogens with two attached hydrogens (primary N) is 9. The predicted octanol–water partition coefficient (Wildman–Crippen LogP) is -10.6. The van der Waals surface area contributed by atoms with E-state index in [2.05, 4.69) is 94.4 Å². The molecule has 606 valence electrons. The van der Waals surface area contributed by atoms with Crippen molar-refractivity contribution in [2.24, 2.45) is 77.5 Å². The van der Waals surface area contributed by atoms with Crippen molar-refractivity contribution in [3.05, 3.63) is 0 Å². The number of nitrogens with zero attached hydrogens (tertiary/aromatic N) is 4. The highest BCUT2D eigenvalue weighted by Crippen LogP contribution is 2.11. The lowest BCUT2D eigenvalue weighted by Gasteiger charge is -2.27. The number of carbonyl (C=O) groups excluding carboxylic acids is 14. The summed E-state index contributed by atoms with van der Waals surface area (Å²) in [5.41, 5.74) is 49.1. The summed E-state index contributed by atoms with van der Waals surface area (Å²) >= 11 is 1.42. The van der Waals surface area contributed by atoms with Gasteiger partial charge in [-0.3, -0.25) is 87.1 Å². The van der Waals surface area contributed by atoms with E-state index in [0.29, 0.717) is 5.75 Å². The minimum atomic E-state index is -1.71. The van der Waals surface area contributed by atoms with Gasteiger partial charge in [0.25, 0.3) is 0 Å². The van der Waals surface area contributed by atoms with Crippen LogP contribution in [-0.2, 0) is 71.9 Å². The van der Waals surface area contributed by atoms with Gasteiger partial charge in [0.05, 0.1) is 12.6 Å². The molecule has 34 N–H and O–H groups in total. The van der Waals surface area contributed by atoms with Crippen LogP contribution in [0.4, 0.5) is 0 Å². The number of aliphatic hydroxyl groups excluding tert-OH is 1. The Kier molecular flexibility index (Phi) is 45.7. The Balaban J connectivity index is 6.00. The van der Waals surface area contributed by atoms with Crippen molar-refractivity contribution in [1.29, 1.82) is 0 Å². The Morgan fingerprint density at radius 3 is 0.794 bits per heavy atom. The van der Waals surface area contributed by atoms with Crippen LogP contribution in [0.1, 0.15) is 133 Å². The summed E-state index contributed by atoms with van der Waals surface area (Å²) in [6.45, 7) is 12.8. The highest BCUT2D eigenvalue weighted by Gasteiger charge is 2.35. The molecule has 15 atom stereocenters. The smallest absolute Gasteiger partial charge is 0.326 e. The Morgan fingerprint density at radius 1 is 0.308 bits per heavy atom. The molecule has 0 aliphatic carbocycles. The molecule has 0 fully saturated rings. The van der Waals surface area contributed by atoms with Crippen LogP contribution in [-0.4, -0.2) is 258 Å². The number of aliphatic imine (C=N–C) groups is 4. The Morgan fingerprint density at radius 2 is 0.523 bits per heavy atom. The number of nitrogens with one attached hydrogen (secondary N) is 14. The monoisotopic (exact) mass is 1540 g/mol. The van der Waals surface area contributed by atoms with Gasteiger partial charge in [-0.2, -0.15) is 11.8 Å². The maximum Gasteiger partial charge on any atom is 0.326 e. The largest absolute Gasteiger partial charge is 0.480 e. The molecule has 0 saturated heterocycles. The first-order chi connectivity index (χ1) is 50.0. The lowest BCUT2D eigenvalue weighted by atomic mass is 10.0. The fraction of sp³-hybridized carbons (Fsp3) is 0.694. The number of hydrogen-bond donors (Lipinski definition) is 25. The number of thioether (sulfide) groups is 1. The van der Waals surface area contributed by atoms with Gasteiger partial charge >= 0.3 is 5.97 Å². The van der Waals surface area contributed by atoms with Crippen molar-refractivity contribution in [3.8, 4) is 0 Å². The average Bonchev–Trinajstić information content (AvgIpc) is 0.868. The molecule has 107 heavy (non-hydrogen) atoms. The van der Waals surface area contributed by atoms with Crippen LogP contribution in [0.15, 0.2) is 20.0 Å². The number of hydrogen-bond acceptors (Lipinski definition) is 22. The van der Waals surface area contributed by atoms with Crippen molar-refractivity contribution in [2.75, 3.05) is 44.8 Å². The van der Waals surface area contributed by atoms with Crippen LogP contribution in [0.25, 0.3) is 0 Å². The van der Waals surface area contributed by atoms with Crippen LogP contribution >= 0.6 is 11.8 Å². The number of carbonyl (C=O) groups is 15. The molecule has 0 radical (unpaired) electrons. The highest BCUT2D eigenvalue weighted by atomic mass is 32.2. The molecule has 0 aliphatic rings. The van der Waals surface area contributed by atoms with Gasteiger partial charge in [0.2, 0.25) is 82.7 Å². The highest BCUT2D eigenvalue weighted by molar-refractivity contribution is 7.98. The van der Waals surface area contributed by atoms with Crippen LogP contribution in [0.2, 0.25) is 0 Å². The lowest BCUT2D eigenvalue weighted by molar-refractivity contribution is -0.142. The van der Waals surface area contributed by atoms with Gasteiger partial charge in [-0.15, -0.1) is 0 Å². The van der Waals surface area contributed by atoms with Crippen LogP contribution in [0, 0.1) is 5.92 Å². The zero-order valence-corrected chi connectivity index (χ0v) is 63.3. The second kappa shape index (κ2) is 50.8. The normalized spacial score (nSPS) is 15.1. The van der Waals surface area contributed by atoms with Crippen LogP contribution in [0.5, 0.6) is 0 Å². The second-order valence-electron chi connectivity index (χ2n) is 25.6. The molecule has 0 aromatic carbocycles. The number of aliphatic hydroxyl groups is 1. The molecule has 0 aliphatic heterocycles. The van der Waals surface area contributed by atoms with E-state index < -0.39 is 186 Å². The van der Waals surface area contributed by atoms with Crippen molar-refractivity contribution in [1.82, 2.24) is 74.4 Å². The lowest BCUT2D eigenvalue weighted by Crippen LogP contribution is -2.60. The van der Waals surface area contributed by atoms with E-state index in [0.717, 1.165) is 0 Å². The molecule has 14 amide bonds. The van der Waals surface area contributed by atoms with Crippen molar-refractivity contribution >= 4 is 124 Å². The van der Waals surface area contributed by atoms with E-state index >= 15 is 0 Å². The van der Waals surface area contributed by atoms with E-state index in [1.807, 2.05) is 0 Å². The van der Waals surface area contributed by atoms with E-state index in [9.17, 15) is 82.1 Å². The number of carboxylic acid groups (broad SMARTS) is 1. The summed E-state index contributed by atoms with van der Waals surface area (Å²) < 4.78 is 0. The topological polar surface area (TPSA) is 749 Å². The summed E-state index contributed by atoms with van der Waals surface area (Å²) in [6, 6.07) is -20.2. The molecule has 44 nitrogen and oxygen atoms in total. The SMILES string of the molecule is CSCCC(NC(=O)C(C)N)C(=O)NC(C)C(=O)NC(CCCN=C(N)N)C(=O)NC(C)C(=O)NC(C)C(=O)NC(CO)C(=O)NC(C)C(=O)NC(C)C(=O)NC(C)C(=O)NC(CC(C)C)C(=O)NC(C)C(=O)NC(CCCN=C(N)N)C(=O)NC(CCCN=C(N)N)C(=O)NC(CCCN=C(N)N)C(=O)O. The summed E-state index contributed by atoms with van der Waals surface area (Å²) in [5, 5.41) is 54.3. The summed E-state index contributed by atoms with van der Waals surface area (Å²) in [5.74, 6) is -14.4. The molecule has 0 heterocycles. The van der Waals surface area contributed by atoms with Gasteiger partial charge in [0.1, 0.15) is 84.6 Å². The maximum absolute atomic E-state index is 14.0. The van der Waals surface area contributed by atoms with E-state index in [4.69, 9.17) is 51.6 Å². The molecular formula is C62H115N27O17S. The summed E-state index contributed by atoms with van der Waals surface area (Å²) in [7, 11) is 0. The molecule has 0 aromatic heterocycles. The second-order valence-corrected chi connectivity index (χ2v) is 26.5. The molecule has 0 aromatic rings. The average molecular weight is 1540 g/mol. The fourth-order valence-electron chi connectivity index (χ4n) is 9.24. The van der Waals surface area contributed by atoms with Crippen molar-refractivity contribution in [3.63, 3.8) is 0 Å². The van der Waals surface area contributed by atoms with E-state index in [1.54, 1.807) is 20.1 Å². The third-order valence-electron chi connectivity index (χ3n) is 15.4. The van der Waals surface area contributed by atoms with Gasteiger partial charge in [0.15, 0.2) is 23.8 Å². The van der Waals surface area contributed by atoms with E-state index in [-0.39, 0.29) is 120 Å². The number of aliphatic carboxylic acids is 1. The Hall–Kier alpha value is -10.6. The molecule has 0 rings (SSSR count). The minimum Gasteiger partial charge on any atom is -0.480 e. The number of rotatable bonds is 51. The third-order valence-corrected chi connectivity index (χ3v) is 16.0.